The highest BCUT2D eigenvalue weighted by Crippen LogP contribution is 2.29. The van der Waals surface area contributed by atoms with Gasteiger partial charge in [-0.3, -0.25) is 9.78 Å². The average Bonchev–Trinajstić information content (AvgIpc) is 3.38. The Bertz CT molecular complexity index is 1450. The number of methoxy groups -OCH3 is 1. The number of anilines is 2. The maximum atomic E-state index is 12.7. The molecule has 0 bridgehead atoms. The summed E-state index contributed by atoms with van der Waals surface area (Å²) in [5.74, 6) is -1.72. The summed E-state index contributed by atoms with van der Waals surface area (Å²) in [7, 11) is 1.58. The normalized spacial score (nSPS) is 15.1. The molecule has 1 amide bonds. The number of alkyl halides is 3. The van der Waals surface area contributed by atoms with Crippen LogP contribution in [0.1, 0.15) is 23.2 Å². The molecule has 210 valence electrons. The third kappa shape index (κ3) is 7.26. The van der Waals surface area contributed by atoms with Gasteiger partial charge in [0.05, 0.1) is 30.9 Å². The second-order valence-corrected chi connectivity index (χ2v) is 8.92. The summed E-state index contributed by atoms with van der Waals surface area (Å²) in [6.07, 6.45) is 0.347. The lowest BCUT2D eigenvalue weighted by molar-refractivity contribution is -0.192. The number of carboxylic acid groups (broad SMARTS) is 1. The fourth-order valence-corrected chi connectivity index (χ4v) is 4.08. The number of halogens is 3. The van der Waals surface area contributed by atoms with E-state index in [1.165, 1.54) is 0 Å². The van der Waals surface area contributed by atoms with Crippen LogP contribution < -0.4 is 20.7 Å². The molecule has 1 saturated heterocycles. The zero-order valence-corrected chi connectivity index (χ0v) is 21.4. The van der Waals surface area contributed by atoms with Gasteiger partial charge >= 0.3 is 12.1 Å². The Balaban J connectivity index is 0.000000470. The molecule has 10 nitrogen and oxygen atoms in total. The van der Waals surface area contributed by atoms with Crippen LogP contribution >= 0.6 is 0 Å². The number of carboxylic acids is 1. The molecule has 5 N–H and O–H groups in total. The summed E-state index contributed by atoms with van der Waals surface area (Å²) in [6, 6.07) is 15.6. The number of hydrogen-bond donors (Lipinski definition) is 5. The molecule has 0 saturated carbocycles. The average molecular weight is 557 g/mol. The van der Waals surface area contributed by atoms with Crippen molar-refractivity contribution in [3.05, 3.63) is 66.5 Å². The van der Waals surface area contributed by atoms with Crippen molar-refractivity contribution < 1.29 is 32.6 Å². The molecule has 40 heavy (non-hydrogen) atoms. The Hall–Kier alpha value is -4.65. The van der Waals surface area contributed by atoms with Crippen molar-refractivity contribution >= 4 is 34.3 Å². The van der Waals surface area contributed by atoms with E-state index in [0.717, 1.165) is 48.2 Å². The largest absolute Gasteiger partial charge is 0.495 e. The number of para-hydroxylation sites is 1. The number of amides is 1. The minimum atomic E-state index is -5.08. The van der Waals surface area contributed by atoms with Crippen molar-refractivity contribution in [3.63, 3.8) is 0 Å². The SMILES string of the molecule is COc1cc(C(=O)NC2CCCNC2)ccc1Nc1cncc(-c2cc3ccccc3[nH]2)n1.O=C(O)C(F)(F)F. The minimum absolute atomic E-state index is 0.103. The minimum Gasteiger partial charge on any atom is -0.495 e. The van der Waals surface area contributed by atoms with Gasteiger partial charge in [0.2, 0.25) is 0 Å². The van der Waals surface area contributed by atoms with E-state index in [1.54, 1.807) is 31.6 Å². The number of carbonyl (C=O) groups excluding carboxylic acids is 1. The van der Waals surface area contributed by atoms with Gasteiger partial charge in [0.25, 0.3) is 5.91 Å². The van der Waals surface area contributed by atoms with E-state index in [2.05, 4.69) is 38.1 Å². The highest BCUT2D eigenvalue weighted by Gasteiger charge is 2.38. The van der Waals surface area contributed by atoms with E-state index in [9.17, 15) is 18.0 Å². The summed E-state index contributed by atoms with van der Waals surface area (Å²) in [4.78, 5) is 34.0. The summed E-state index contributed by atoms with van der Waals surface area (Å²) < 4.78 is 37.3. The highest BCUT2D eigenvalue weighted by atomic mass is 19.4. The smallest absolute Gasteiger partial charge is 0.490 e. The monoisotopic (exact) mass is 556 g/mol. The van der Waals surface area contributed by atoms with E-state index in [0.29, 0.717) is 22.8 Å². The fourth-order valence-electron chi connectivity index (χ4n) is 4.08. The number of hydrogen-bond acceptors (Lipinski definition) is 7. The lowest BCUT2D eigenvalue weighted by Gasteiger charge is -2.24. The molecule has 1 atom stereocenters. The Morgan fingerprint density at radius 3 is 2.58 bits per heavy atom. The molecule has 0 radical (unpaired) electrons. The van der Waals surface area contributed by atoms with Gasteiger partial charge < -0.3 is 30.8 Å². The summed E-state index contributed by atoms with van der Waals surface area (Å²) in [5, 5.41) is 17.9. The molecule has 0 spiro atoms. The predicted octanol–water partition coefficient (Wildman–Crippen LogP) is 4.49. The van der Waals surface area contributed by atoms with E-state index in [1.807, 2.05) is 24.3 Å². The Morgan fingerprint density at radius 1 is 1.12 bits per heavy atom. The zero-order valence-electron chi connectivity index (χ0n) is 21.4. The summed E-state index contributed by atoms with van der Waals surface area (Å²) in [5.41, 5.74) is 3.93. The number of H-pyrrole nitrogens is 1. The van der Waals surface area contributed by atoms with Crippen LogP contribution in [0.25, 0.3) is 22.3 Å². The molecule has 1 fully saturated rings. The number of carbonyl (C=O) groups is 2. The van der Waals surface area contributed by atoms with Gasteiger partial charge in [-0.1, -0.05) is 18.2 Å². The van der Waals surface area contributed by atoms with E-state index in [4.69, 9.17) is 19.6 Å². The van der Waals surface area contributed by atoms with Crippen LogP contribution in [0.3, 0.4) is 0 Å². The third-order valence-electron chi connectivity index (χ3n) is 6.04. The number of aromatic amines is 1. The summed E-state index contributed by atoms with van der Waals surface area (Å²) in [6.45, 7) is 1.80. The van der Waals surface area contributed by atoms with Crippen molar-refractivity contribution in [2.75, 3.05) is 25.5 Å². The van der Waals surface area contributed by atoms with Crippen LogP contribution in [-0.2, 0) is 4.79 Å². The van der Waals surface area contributed by atoms with Gasteiger partial charge in [0.15, 0.2) is 0 Å². The number of rotatable bonds is 6. The number of nitrogens with one attached hydrogen (secondary N) is 4. The van der Waals surface area contributed by atoms with Crippen molar-refractivity contribution in [2.24, 2.45) is 0 Å². The molecule has 13 heteroatoms. The zero-order chi connectivity index (χ0) is 28.7. The standard InChI is InChI=1S/C25H26N6O2.C2HF3O2/c1-33-23-12-17(25(32)28-18-6-4-10-26-13-18)8-9-20(23)30-24-15-27-14-22(31-24)21-11-16-5-2-3-7-19(16)29-21;3-2(4,5)1(6)7/h2-3,5,7-9,11-12,14-15,18,26,29H,4,6,10,13H2,1H3,(H,28,32)(H,30,31);(H,6,7). The molecule has 2 aromatic heterocycles. The van der Waals surface area contributed by atoms with Gasteiger partial charge in [-0.05, 0) is 49.7 Å². The van der Waals surface area contributed by atoms with Gasteiger partial charge in [-0.2, -0.15) is 13.2 Å². The predicted molar refractivity (Wildman–Crippen MR) is 143 cm³/mol. The second kappa shape index (κ2) is 12.5. The van der Waals surface area contributed by atoms with Gasteiger partial charge in [-0.25, -0.2) is 9.78 Å². The van der Waals surface area contributed by atoms with Gasteiger partial charge in [-0.15, -0.1) is 0 Å². The van der Waals surface area contributed by atoms with Crippen molar-refractivity contribution in [1.82, 2.24) is 25.6 Å². The molecule has 4 aromatic rings. The topological polar surface area (TPSA) is 141 Å². The molecule has 1 aliphatic heterocycles. The van der Waals surface area contributed by atoms with Gasteiger partial charge in [0.1, 0.15) is 17.3 Å². The van der Waals surface area contributed by atoms with Crippen molar-refractivity contribution in [3.8, 4) is 17.1 Å². The first-order valence-corrected chi connectivity index (χ1v) is 12.3. The van der Waals surface area contributed by atoms with Crippen LogP contribution in [0, 0.1) is 0 Å². The van der Waals surface area contributed by atoms with E-state index in [-0.39, 0.29) is 11.9 Å². The third-order valence-corrected chi connectivity index (χ3v) is 6.04. The van der Waals surface area contributed by atoms with Crippen LogP contribution in [0.5, 0.6) is 5.75 Å². The van der Waals surface area contributed by atoms with Crippen LogP contribution in [0.15, 0.2) is 60.9 Å². The molecule has 3 heterocycles. The molecular formula is C27H27F3N6O4. The Kier molecular flexibility index (Phi) is 8.84. The van der Waals surface area contributed by atoms with Gasteiger partial charge in [0, 0.05) is 29.1 Å². The number of nitrogens with zero attached hydrogens (tertiary/aromatic N) is 2. The molecular weight excluding hydrogens is 529 g/mol. The lowest BCUT2D eigenvalue weighted by atomic mass is 10.1. The van der Waals surface area contributed by atoms with Crippen molar-refractivity contribution in [1.29, 1.82) is 0 Å². The lowest BCUT2D eigenvalue weighted by Crippen LogP contribution is -2.45. The number of fused-ring (bicyclic) bond motifs is 1. The first kappa shape index (κ1) is 28.4. The molecule has 1 aliphatic rings. The molecule has 0 aliphatic carbocycles. The highest BCUT2D eigenvalue weighted by molar-refractivity contribution is 5.95. The fraction of sp³-hybridized carbons (Fsp3) is 0.259. The van der Waals surface area contributed by atoms with Crippen LogP contribution in [-0.4, -0.2) is 64.4 Å². The number of ether oxygens (including phenoxy) is 1. The maximum Gasteiger partial charge on any atom is 0.490 e. The number of aromatic nitrogens is 3. The van der Waals surface area contributed by atoms with Crippen LogP contribution in [0.2, 0.25) is 0 Å². The Morgan fingerprint density at radius 2 is 1.90 bits per heavy atom. The Labute approximate surface area is 227 Å². The summed E-state index contributed by atoms with van der Waals surface area (Å²) >= 11 is 0. The first-order valence-electron chi connectivity index (χ1n) is 12.3. The van der Waals surface area contributed by atoms with Crippen molar-refractivity contribution in [2.45, 2.75) is 25.1 Å². The maximum absolute atomic E-state index is 12.7. The molecule has 5 rings (SSSR count). The molecule has 1 unspecified atom stereocenters. The molecule has 2 aromatic carbocycles. The second-order valence-electron chi connectivity index (χ2n) is 8.92. The van der Waals surface area contributed by atoms with E-state index >= 15 is 0 Å². The number of benzene rings is 2. The quantitative estimate of drug-likeness (QED) is 0.234. The number of aliphatic carboxylic acids is 1. The first-order chi connectivity index (χ1) is 19.1. The number of piperidine rings is 1. The van der Waals surface area contributed by atoms with Crippen LogP contribution in [0.4, 0.5) is 24.7 Å². The van der Waals surface area contributed by atoms with E-state index < -0.39 is 12.1 Å².